The van der Waals surface area contributed by atoms with Crippen LogP contribution in [0.3, 0.4) is 0 Å². The summed E-state index contributed by atoms with van der Waals surface area (Å²) in [6.45, 7) is 16.6. The molecular formula is C13H28O3Si. The fourth-order valence-corrected chi connectivity index (χ4v) is 7.76. The van der Waals surface area contributed by atoms with E-state index < -0.39 is 14.5 Å². The number of hydrogen-bond acceptors (Lipinski definition) is 3. The summed E-state index contributed by atoms with van der Waals surface area (Å²) in [7, 11) is -2.13. The Hall–Kier alpha value is -0.513. The van der Waals surface area contributed by atoms with Gasteiger partial charge in [-0.05, 0) is 30.5 Å². The number of hydrogen-bond donors (Lipinski definition) is 0. The van der Waals surface area contributed by atoms with E-state index in [0.29, 0.717) is 16.6 Å². The summed E-state index contributed by atoms with van der Waals surface area (Å²) < 4.78 is 10.9. The van der Waals surface area contributed by atoms with E-state index in [9.17, 15) is 4.79 Å². The van der Waals surface area contributed by atoms with Gasteiger partial charge < -0.3 is 9.16 Å². The highest BCUT2D eigenvalue weighted by Gasteiger charge is 2.48. The van der Waals surface area contributed by atoms with Crippen molar-refractivity contribution >= 4 is 14.5 Å². The molecule has 0 fully saturated rings. The average molecular weight is 260 g/mol. The summed E-state index contributed by atoms with van der Waals surface area (Å²) in [5.41, 5.74) is 1.17. The number of ether oxygens (including phenoxy) is 1. The van der Waals surface area contributed by atoms with Crippen molar-refractivity contribution in [2.45, 2.75) is 78.1 Å². The average Bonchev–Trinajstić information content (AvgIpc) is 2.10. The summed E-state index contributed by atoms with van der Waals surface area (Å²) in [6.07, 6.45) is -0.622. The molecule has 0 N–H and O–H groups in total. The van der Waals surface area contributed by atoms with Gasteiger partial charge in [0.05, 0.1) is 6.10 Å². The zero-order valence-corrected chi connectivity index (χ0v) is 13.5. The van der Waals surface area contributed by atoms with Gasteiger partial charge in [-0.25, -0.2) is 4.79 Å². The predicted octanol–water partition coefficient (Wildman–Crippen LogP) is 4.72. The summed E-state index contributed by atoms with van der Waals surface area (Å²) in [5.74, 6) is 0. The van der Waals surface area contributed by atoms with Crippen LogP contribution in [0.1, 0.15) is 55.4 Å². The molecule has 0 spiro atoms. The fraction of sp³-hybridized carbons (Fsp3) is 0.923. The minimum Gasteiger partial charge on any atom is -0.488 e. The fourth-order valence-electron chi connectivity index (χ4n) is 2.71. The Kier molecular flexibility index (Phi) is 6.23. The zero-order valence-electron chi connectivity index (χ0n) is 12.5. The van der Waals surface area contributed by atoms with E-state index in [1.807, 2.05) is 13.8 Å². The van der Waals surface area contributed by atoms with Crippen LogP contribution in [0.25, 0.3) is 0 Å². The highest BCUT2D eigenvalue weighted by Crippen LogP contribution is 2.42. The van der Waals surface area contributed by atoms with Gasteiger partial charge in [0.2, 0.25) is 0 Å². The quantitative estimate of drug-likeness (QED) is 0.530. The van der Waals surface area contributed by atoms with Gasteiger partial charge in [0.25, 0.3) is 8.32 Å². The first kappa shape index (κ1) is 16.5. The third-order valence-corrected chi connectivity index (χ3v) is 9.23. The predicted molar refractivity (Wildman–Crippen MR) is 73.8 cm³/mol. The second kappa shape index (κ2) is 6.43. The maximum absolute atomic E-state index is 11.8. The summed E-state index contributed by atoms with van der Waals surface area (Å²) in [5, 5.41) is 0. The van der Waals surface area contributed by atoms with E-state index in [2.05, 4.69) is 41.5 Å². The van der Waals surface area contributed by atoms with E-state index in [1.165, 1.54) is 0 Å². The van der Waals surface area contributed by atoms with Crippen molar-refractivity contribution in [2.75, 3.05) is 0 Å². The lowest BCUT2D eigenvalue weighted by Gasteiger charge is -2.40. The highest BCUT2D eigenvalue weighted by molar-refractivity contribution is 6.78. The lowest BCUT2D eigenvalue weighted by molar-refractivity contribution is 0.0675. The lowest BCUT2D eigenvalue weighted by atomic mass is 10.5. The molecule has 0 saturated heterocycles. The Bertz CT molecular complexity index is 225. The van der Waals surface area contributed by atoms with Crippen LogP contribution in [0.5, 0.6) is 0 Å². The standard InChI is InChI=1S/C13H28O3Si/c1-9(2)15-13(14)16-17(10(3)4,11(5)6)12(7)8/h9-12H,1-8H3. The van der Waals surface area contributed by atoms with Crippen LogP contribution < -0.4 is 0 Å². The normalized spacial score (nSPS) is 12.7. The van der Waals surface area contributed by atoms with Gasteiger partial charge in [-0.15, -0.1) is 0 Å². The highest BCUT2D eigenvalue weighted by atomic mass is 28.4. The van der Waals surface area contributed by atoms with Crippen molar-refractivity contribution in [3.05, 3.63) is 0 Å². The third kappa shape index (κ3) is 4.02. The van der Waals surface area contributed by atoms with E-state index >= 15 is 0 Å². The molecule has 0 radical (unpaired) electrons. The Morgan fingerprint density at radius 2 is 1.18 bits per heavy atom. The first-order chi connectivity index (χ1) is 7.64. The molecule has 0 bridgehead atoms. The van der Waals surface area contributed by atoms with Gasteiger partial charge in [-0.2, -0.15) is 0 Å². The Morgan fingerprint density at radius 1 is 0.824 bits per heavy atom. The summed E-state index contributed by atoms with van der Waals surface area (Å²) in [4.78, 5) is 11.8. The molecule has 0 amide bonds. The smallest absolute Gasteiger partial charge is 0.488 e. The van der Waals surface area contributed by atoms with Crippen molar-refractivity contribution in [2.24, 2.45) is 0 Å². The molecule has 0 aromatic heterocycles. The number of carbonyl (C=O) groups is 1. The molecule has 0 rings (SSSR count). The van der Waals surface area contributed by atoms with Crippen LogP contribution in [0.2, 0.25) is 16.6 Å². The van der Waals surface area contributed by atoms with Gasteiger partial charge in [-0.1, -0.05) is 41.5 Å². The second-order valence-electron chi connectivity index (χ2n) is 5.84. The van der Waals surface area contributed by atoms with Crippen LogP contribution in [0.15, 0.2) is 0 Å². The molecule has 0 unspecified atom stereocenters. The third-order valence-electron chi connectivity index (χ3n) is 3.30. The van der Waals surface area contributed by atoms with Gasteiger partial charge in [0.15, 0.2) is 0 Å². The van der Waals surface area contributed by atoms with Gasteiger partial charge in [-0.3, -0.25) is 0 Å². The first-order valence-corrected chi connectivity index (χ1v) is 8.68. The lowest BCUT2D eigenvalue weighted by Crippen LogP contribution is -2.49. The molecule has 0 aromatic carbocycles. The molecule has 0 heterocycles. The van der Waals surface area contributed by atoms with Crippen LogP contribution in [-0.2, 0) is 9.16 Å². The molecule has 0 aliphatic heterocycles. The van der Waals surface area contributed by atoms with E-state index in [-0.39, 0.29) is 6.10 Å². The topological polar surface area (TPSA) is 35.5 Å². The number of rotatable bonds is 5. The van der Waals surface area contributed by atoms with Crippen LogP contribution in [0, 0.1) is 0 Å². The van der Waals surface area contributed by atoms with Crippen molar-refractivity contribution in [3.63, 3.8) is 0 Å². The Labute approximate surface area is 107 Å². The van der Waals surface area contributed by atoms with E-state index in [1.54, 1.807) is 0 Å². The maximum Gasteiger partial charge on any atom is 0.494 e. The van der Waals surface area contributed by atoms with Crippen LogP contribution >= 0.6 is 0 Å². The minimum atomic E-state index is -2.13. The van der Waals surface area contributed by atoms with Crippen LogP contribution in [-0.4, -0.2) is 20.6 Å². The Morgan fingerprint density at radius 3 is 1.41 bits per heavy atom. The molecule has 0 aromatic rings. The molecule has 17 heavy (non-hydrogen) atoms. The first-order valence-electron chi connectivity index (χ1n) is 6.54. The van der Waals surface area contributed by atoms with Gasteiger partial charge in [0, 0.05) is 0 Å². The van der Waals surface area contributed by atoms with E-state index in [0.717, 1.165) is 0 Å². The number of carbonyl (C=O) groups excluding carboxylic acids is 1. The largest absolute Gasteiger partial charge is 0.494 e. The monoisotopic (exact) mass is 260 g/mol. The molecule has 4 heteroatoms. The zero-order chi connectivity index (χ0) is 13.8. The molecule has 102 valence electrons. The maximum atomic E-state index is 11.8. The van der Waals surface area contributed by atoms with Crippen molar-refractivity contribution in [1.82, 2.24) is 0 Å². The van der Waals surface area contributed by atoms with Crippen molar-refractivity contribution in [1.29, 1.82) is 0 Å². The molecular weight excluding hydrogens is 232 g/mol. The summed E-state index contributed by atoms with van der Waals surface area (Å²) in [6, 6.07) is 0. The van der Waals surface area contributed by atoms with Crippen molar-refractivity contribution in [3.8, 4) is 0 Å². The SMILES string of the molecule is CC(C)OC(=O)O[Si](C(C)C)(C(C)C)C(C)C. The van der Waals surface area contributed by atoms with Gasteiger partial charge in [0.1, 0.15) is 0 Å². The minimum absolute atomic E-state index is 0.124. The molecule has 0 aliphatic carbocycles. The molecule has 0 saturated carbocycles. The van der Waals surface area contributed by atoms with Crippen molar-refractivity contribution < 1.29 is 14.0 Å². The molecule has 0 atom stereocenters. The second-order valence-corrected chi connectivity index (χ2v) is 11.2. The molecule has 0 aliphatic rings. The van der Waals surface area contributed by atoms with Crippen LogP contribution in [0.4, 0.5) is 4.79 Å². The van der Waals surface area contributed by atoms with E-state index in [4.69, 9.17) is 9.16 Å². The summed E-state index contributed by atoms with van der Waals surface area (Å²) >= 11 is 0. The molecule has 3 nitrogen and oxygen atoms in total. The van der Waals surface area contributed by atoms with Gasteiger partial charge >= 0.3 is 6.16 Å². The Balaban J connectivity index is 4.99.